The second-order valence-electron chi connectivity index (χ2n) is 4.47. The summed E-state index contributed by atoms with van der Waals surface area (Å²) in [5.74, 6) is 0.101. The molecule has 17 heavy (non-hydrogen) atoms. The second kappa shape index (κ2) is 4.61. The van der Waals surface area contributed by atoms with Gasteiger partial charge in [0.2, 0.25) is 0 Å². The minimum atomic E-state index is -0.893. The molecule has 1 amide bonds. The number of aryl methyl sites for hydroxylation is 1. The van der Waals surface area contributed by atoms with Gasteiger partial charge in [-0.25, -0.2) is 4.79 Å². The van der Waals surface area contributed by atoms with E-state index in [0.717, 1.165) is 5.56 Å². The molecule has 1 saturated heterocycles. The molecular weight excluding hydrogens is 220 g/mol. The summed E-state index contributed by atoms with van der Waals surface area (Å²) in [5, 5.41) is 8.82. The Balaban J connectivity index is 1.97. The second-order valence-corrected chi connectivity index (χ2v) is 4.47. The molecule has 1 N–H and O–H groups in total. The average molecular weight is 236 g/mol. The third-order valence-corrected chi connectivity index (χ3v) is 3.25. The van der Waals surface area contributed by atoms with Gasteiger partial charge in [-0.2, -0.15) is 0 Å². The number of aromatic nitrogens is 1. The molecule has 5 nitrogen and oxygen atoms in total. The van der Waals surface area contributed by atoms with Crippen molar-refractivity contribution in [2.75, 3.05) is 13.1 Å². The first-order valence-electron chi connectivity index (χ1n) is 5.72. The lowest BCUT2D eigenvalue weighted by atomic mass is 9.90. The Morgan fingerprint density at radius 2 is 2.00 bits per heavy atom. The van der Waals surface area contributed by atoms with Crippen molar-refractivity contribution in [2.24, 2.45) is 13.0 Å². The Hall–Kier alpha value is -1.78. The number of hydrogen-bond donors (Lipinski definition) is 1. The molecule has 1 aromatic heterocycles. The van der Waals surface area contributed by atoms with Crippen molar-refractivity contribution in [3.05, 3.63) is 24.0 Å². The third kappa shape index (κ3) is 2.49. The number of rotatable bonds is 2. The van der Waals surface area contributed by atoms with Gasteiger partial charge in [0.1, 0.15) is 0 Å². The lowest BCUT2D eigenvalue weighted by molar-refractivity contribution is 0.0821. The minimum absolute atomic E-state index is 0.0343. The smallest absolute Gasteiger partial charge is 0.407 e. The standard InChI is InChI=1S/C12H16N2O3/c1-13-5-2-10(8-13)11(15)9-3-6-14(7-4-9)12(16)17/h2,5,8-9H,3-4,6-7H2,1H3,(H,16,17). The van der Waals surface area contributed by atoms with Crippen LogP contribution in [0.5, 0.6) is 0 Å². The lowest BCUT2D eigenvalue weighted by Crippen LogP contribution is -2.39. The maximum Gasteiger partial charge on any atom is 0.407 e. The number of carboxylic acid groups (broad SMARTS) is 1. The maximum atomic E-state index is 12.1. The highest BCUT2D eigenvalue weighted by Crippen LogP contribution is 2.21. The largest absolute Gasteiger partial charge is 0.465 e. The molecule has 0 radical (unpaired) electrons. The van der Waals surface area contributed by atoms with Gasteiger partial charge in [-0.05, 0) is 18.9 Å². The van der Waals surface area contributed by atoms with E-state index in [4.69, 9.17) is 5.11 Å². The van der Waals surface area contributed by atoms with Crippen LogP contribution in [0.15, 0.2) is 18.5 Å². The first-order chi connectivity index (χ1) is 8.08. The zero-order chi connectivity index (χ0) is 12.4. The Labute approximate surface area is 99.6 Å². The zero-order valence-electron chi connectivity index (χ0n) is 9.80. The van der Waals surface area contributed by atoms with Crippen molar-refractivity contribution in [3.8, 4) is 0 Å². The van der Waals surface area contributed by atoms with Crippen LogP contribution in [0.4, 0.5) is 4.79 Å². The number of ketones is 1. The highest BCUT2D eigenvalue weighted by atomic mass is 16.4. The number of carbonyl (C=O) groups is 2. The van der Waals surface area contributed by atoms with Crippen LogP contribution >= 0.6 is 0 Å². The van der Waals surface area contributed by atoms with Crippen LogP contribution in [0.1, 0.15) is 23.2 Å². The molecule has 0 saturated carbocycles. The van der Waals surface area contributed by atoms with Gasteiger partial charge in [-0.3, -0.25) is 4.79 Å². The number of Topliss-reactive ketones (excluding diaryl/α,β-unsaturated/α-hetero) is 1. The summed E-state index contributed by atoms with van der Waals surface area (Å²) in [6, 6.07) is 1.81. The molecule has 0 atom stereocenters. The normalized spacial score (nSPS) is 17.1. The Kier molecular flexibility index (Phi) is 3.17. The van der Waals surface area contributed by atoms with Crippen LogP contribution in [-0.2, 0) is 7.05 Å². The van der Waals surface area contributed by atoms with Crippen LogP contribution in [-0.4, -0.2) is 39.5 Å². The van der Waals surface area contributed by atoms with E-state index in [0.29, 0.717) is 25.9 Å². The van der Waals surface area contributed by atoms with Gasteiger partial charge in [0.05, 0.1) is 0 Å². The molecular formula is C12H16N2O3. The molecule has 2 rings (SSSR count). The number of hydrogen-bond acceptors (Lipinski definition) is 2. The molecule has 0 unspecified atom stereocenters. The Bertz CT molecular complexity index is 431. The van der Waals surface area contributed by atoms with Gasteiger partial charge in [-0.1, -0.05) is 0 Å². The number of nitrogens with zero attached hydrogens (tertiary/aromatic N) is 2. The average Bonchev–Trinajstić information content (AvgIpc) is 2.75. The first kappa shape index (κ1) is 11.7. The van der Waals surface area contributed by atoms with Crippen LogP contribution in [0, 0.1) is 5.92 Å². The topological polar surface area (TPSA) is 62.5 Å². The summed E-state index contributed by atoms with van der Waals surface area (Å²) in [5.41, 5.74) is 0.723. The predicted octanol–water partition coefficient (Wildman–Crippen LogP) is 1.60. The van der Waals surface area contributed by atoms with E-state index in [-0.39, 0.29) is 11.7 Å². The predicted molar refractivity (Wildman–Crippen MR) is 62.1 cm³/mol. The molecule has 1 fully saturated rings. The molecule has 0 bridgehead atoms. The van der Waals surface area contributed by atoms with E-state index in [1.807, 2.05) is 30.1 Å². The fourth-order valence-electron chi connectivity index (χ4n) is 2.22. The summed E-state index contributed by atoms with van der Waals surface area (Å²) in [4.78, 5) is 24.2. The quantitative estimate of drug-likeness (QED) is 0.793. The Morgan fingerprint density at radius 1 is 1.35 bits per heavy atom. The minimum Gasteiger partial charge on any atom is -0.465 e. The van der Waals surface area contributed by atoms with Crippen molar-refractivity contribution >= 4 is 11.9 Å². The molecule has 1 aliphatic heterocycles. The lowest BCUT2D eigenvalue weighted by Gasteiger charge is -2.28. The highest BCUT2D eigenvalue weighted by Gasteiger charge is 2.27. The summed E-state index contributed by atoms with van der Waals surface area (Å²) in [7, 11) is 1.88. The van der Waals surface area contributed by atoms with Gasteiger partial charge < -0.3 is 14.6 Å². The van der Waals surface area contributed by atoms with Gasteiger partial charge in [-0.15, -0.1) is 0 Å². The number of amides is 1. The van der Waals surface area contributed by atoms with E-state index >= 15 is 0 Å². The van der Waals surface area contributed by atoms with Crippen LogP contribution in [0.3, 0.4) is 0 Å². The van der Waals surface area contributed by atoms with Crippen molar-refractivity contribution in [3.63, 3.8) is 0 Å². The number of piperidine rings is 1. The zero-order valence-corrected chi connectivity index (χ0v) is 9.80. The van der Waals surface area contributed by atoms with Gasteiger partial charge in [0.15, 0.2) is 5.78 Å². The highest BCUT2D eigenvalue weighted by molar-refractivity contribution is 5.97. The molecule has 0 aromatic carbocycles. The number of carbonyl (C=O) groups excluding carboxylic acids is 1. The molecule has 1 aliphatic rings. The molecule has 2 heterocycles. The van der Waals surface area contributed by atoms with Crippen molar-refractivity contribution in [1.82, 2.24) is 9.47 Å². The molecule has 92 valence electrons. The van der Waals surface area contributed by atoms with Crippen LogP contribution in [0.25, 0.3) is 0 Å². The molecule has 0 spiro atoms. The summed E-state index contributed by atoms with van der Waals surface area (Å²) in [6.07, 6.45) is 4.02. The molecule has 1 aromatic rings. The fourth-order valence-corrected chi connectivity index (χ4v) is 2.22. The van der Waals surface area contributed by atoms with Crippen molar-refractivity contribution in [2.45, 2.75) is 12.8 Å². The summed E-state index contributed by atoms with van der Waals surface area (Å²) < 4.78 is 1.85. The van der Waals surface area contributed by atoms with Gasteiger partial charge in [0.25, 0.3) is 0 Å². The Morgan fingerprint density at radius 3 is 2.47 bits per heavy atom. The monoisotopic (exact) mass is 236 g/mol. The van der Waals surface area contributed by atoms with Crippen molar-refractivity contribution < 1.29 is 14.7 Å². The fraction of sp³-hybridized carbons (Fsp3) is 0.500. The van der Waals surface area contributed by atoms with E-state index in [9.17, 15) is 9.59 Å². The van der Waals surface area contributed by atoms with Crippen LogP contribution in [0.2, 0.25) is 0 Å². The van der Waals surface area contributed by atoms with E-state index in [1.54, 1.807) is 0 Å². The van der Waals surface area contributed by atoms with Crippen molar-refractivity contribution in [1.29, 1.82) is 0 Å². The molecule has 5 heteroatoms. The summed E-state index contributed by atoms with van der Waals surface area (Å²) in [6.45, 7) is 0.914. The first-order valence-corrected chi connectivity index (χ1v) is 5.72. The van der Waals surface area contributed by atoms with E-state index in [2.05, 4.69) is 0 Å². The molecule has 0 aliphatic carbocycles. The maximum absolute atomic E-state index is 12.1. The third-order valence-electron chi connectivity index (χ3n) is 3.25. The number of likely N-dealkylation sites (tertiary alicyclic amines) is 1. The SMILES string of the molecule is Cn1ccc(C(=O)C2CCN(C(=O)O)CC2)c1. The van der Waals surface area contributed by atoms with E-state index < -0.39 is 6.09 Å². The van der Waals surface area contributed by atoms with Gasteiger partial charge in [0, 0.05) is 44.0 Å². The van der Waals surface area contributed by atoms with E-state index in [1.165, 1.54) is 4.90 Å². The van der Waals surface area contributed by atoms with Crippen LogP contribution < -0.4 is 0 Å². The summed E-state index contributed by atoms with van der Waals surface area (Å²) >= 11 is 0. The van der Waals surface area contributed by atoms with Gasteiger partial charge >= 0.3 is 6.09 Å².